The van der Waals surface area contributed by atoms with Crippen LogP contribution in [0.25, 0.3) is 0 Å². The monoisotopic (exact) mass is 222 g/mol. The van der Waals surface area contributed by atoms with Crippen LogP contribution in [0.1, 0.15) is 19.5 Å². The minimum atomic E-state index is 0.0276. The topological polar surface area (TPSA) is 74.7 Å². The molecule has 0 aliphatic rings. The van der Waals surface area contributed by atoms with Crippen molar-refractivity contribution in [2.75, 3.05) is 18.5 Å². The highest BCUT2D eigenvalue weighted by Crippen LogP contribution is 2.11. The van der Waals surface area contributed by atoms with Crippen LogP contribution in [-0.4, -0.2) is 29.6 Å². The molecule has 0 aromatic carbocycles. The summed E-state index contributed by atoms with van der Waals surface area (Å²) >= 11 is 0. The Morgan fingerprint density at radius 2 is 2.25 bits per heavy atom. The molecule has 3 N–H and O–H groups in total. The molecule has 1 rings (SSSR count). The van der Waals surface area contributed by atoms with E-state index in [1.165, 1.54) is 0 Å². The van der Waals surface area contributed by atoms with E-state index in [1.54, 1.807) is 6.07 Å². The number of rotatable bonds is 4. The molecule has 1 heterocycles. The fourth-order valence-electron chi connectivity index (χ4n) is 1.47. The summed E-state index contributed by atoms with van der Waals surface area (Å²) < 4.78 is 0. The second kappa shape index (κ2) is 5.34. The van der Waals surface area contributed by atoms with Crippen molar-refractivity contribution >= 4 is 11.7 Å². The van der Waals surface area contributed by atoms with Crippen molar-refractivity contribution in [3.8, 4) is 0 Å². The van der Waals surface area contributed by atoms with Crippen LogP contribution in [0.5, 0.6) is 0 Å². The summed E-state index contributed by atoms with van der Waals surface area (Å²) in [6.45, 7) is 5.19. The van der Waals surface area contributed by atoms with Gasteiger partial charge in [-0.15, -0.1) is 0 Å². The van der Waals surface area contributed by atoms with E-state index in [0.29, 0.717) is 11.6 Å². The van der Waals surface area contributed by atoms with E-state index in [4.69, 9.17) is 10.9 Å². The van der Waals surface area contributed by atoms with Gasteiger partial charge in [0, 0.05) is 13.6 Å². The lowest BCUT2D eigenvalue weighted by molar-refractivity contribution is 0.318. The van der Waals surface area contributed by atoms with Crippen LogP contribution >= 0.6 is 0 Å². The molecule has 0 aliphatic heterocycles. The van der Waals surface area contributed by atoms with Crippen LogP contribution < -0.4 is 10.6 Å². The van der Waals surface area contributed by atoms with Gasteiger partial charge in [-0.3, -0.25) is 0 Å². The molecule has 0 bridgehead atoms. The Morgan fingerprint density at radius 1 is 1.56 bits per heavy atom. The van der Waals surface area contributed by atoms with Gasteiger partial charge in [0.05, 0.1) is 0 Å². The molecular formula is C11H18N4O. The Bertz CT molecular complexity index is 376. The Kier molecular flexibility index (Phi) is 4.10. The maximum atomic E-state index is 8.57. The van der Waals surface area contributed by atoms with Gasteiger partial charge in [0.15, 0.2) is 5.84 Å². The molecule has 0 fully saturated rings. The third-order valence-corrected chi connectivity index (χ3v) is 2.13. The molecule has 16 heavy (non-hydrogen) atoms. The van der Waals surface area contributed by atoms with Crippen molar-refractivity contribution in [2.45, 2.75) is 13.8 Å². The highest BCUT2D eigenvalue weighted by atomic mass is 16.4. The van der Waals surface area contributed by atoms with Crippen LogP contribution in [-0.2, 0) is 0 Å². The van der Waals surface area contributed by atoms with Crippen molar-refractivity contribution in [1.29, 1.82) is 0 Å². The third kappa shape index (κ3) is 3.12. The van der Waals surface area contributed by atoms with E-state index in [-0.39, 0.29) is 5.84 Å². The Morgan fingerprint density at radius 3 is 2.81 bits per heavy atom. The number of nitrogens with zero attached hydrogens (tertiary/aromatic N) is 3. The number of anilines is 1. The molecular weight excluding hydrogens is 204 g/mol. The minimum Gasteiger partial charge on any atom is -0.409 e. The van der Waals surface area contributed by atoms with Gasteiger partial charge >= 0.3 is 0 Å². The minimum absolute atomic E-state index is 0.0276. The molecule has 1 aromatic heterocycles. The maximum absolute atomic E-state index is 8.57. The van der Waals surface area contributed by atoms with Crippen LogP contribution in [0.2, 0.25) is 0 Å². The first kappa shape index (κ1) is 12.3. The lowest BCUT2D eigenvalue weighted by atomic mass is 10.2. The van der Waals surface area contributed by atoms with E-state index in [1.807, 2.05) is 24.1 Å². The summed E-state index contributed by atoms with van der Waals surface area (Å²) in [7, 11) is 1.97. The van der Waals surface area contributed by atoms with Gasteiger partial charge in [0.25, 0.3) is 0 Å². The number of hydrogen-bond acceptors (Lipinski definition) is 4. The molecule has 0 amide bonds. The quantitative estimate of drug-likeness (QED) is 0.348. The number of pyridine rings is 1. The first-order valence-corrected chi connectivity index (χ1v) is 5.20. The molecule has 0 atom stereocenters. The van der Waals surface area contributed by atoms with E-state index in [9.17, 15) is 0 Å². The molecule has 88 valence electrons. The molecule has 0 unspecified atom stereocenters. The molecule has 0 saturated heterocycles. The summed E-state index contributed by atoms with van der Waals surface area (Å²) in [5.41, 5.74) is 5.97. The van der Waals surface area contributed by atoms with E-state index in [0.717, 1.165) is 12.4 Å². The summed E-state index contributed by atoms with van der Waals surface area (Å²) in [5.74, 6) is 1.40. The molecule has 5 heteroatoms. The number of hydrogen-bond donors (Lipinski definition) is 2. The number of nitrogens with two attached hydrogens (primary N) is 1. The smallest absolute Gasteiger partial charge is 0.188 e. The zero-order valence-electron chi connectivity index (χ0n) is 9.88. The van der Waals surface area contributed by atoms with Gasteiger partial charge in [-0.1, -0.05) is 25.1 Å². The standard InChI is InChI=1S/C11H18N4O/c1-8(2)7-15(3)10-6-4-5-9(13-10)11(12)14-16/h4-6,8,16H,7H2,1-3H3,(H2,12,14). The molecule has 0 aliphatic carbocycles. The van der Waals surface area contributed by atoms with Gasteiger partial charge in [-0.25, -0.2) is 4.98 Å². The summed E-state index contributed by atoms with van der Waals surface area (Å²) in [5, 5.41) is 11.5. The Balaban J connectivity index is 2.90. The van der Waals surface area contributed by atoms with Gasteiger partial charge < -0.3 is 15.8 Å². The van der Waals surface area contributed by atoms with Crippen molar-refractivity contribution in [2.24, 2.45) is 16.8 Å². The lowest BCUT2D eigenvalue weighted by Crippen LogP contribution is -2.24. The normalized spacial score (nSPS) is 11.9. The van der Waals surface area contributed by atoms with Gasteiger partial charge in [-0.05, 0) is 18.1 Å². The largest absolute Gasteiger partial charge is 0.409 e. The molecule has 0 spiro atoms. The third-order valence-electron chi connectivity index (χ3n) is 2.13. The van der Waals surface area contributed by atoms with Gasteiger partial charge in [0.1, 0.15) is 11.5 Å². The average molecular weight is 222 g/mol. The van der Waals surface area contributed by atoms with E-state index in [2.05, 4.69) is 24.0 Å². The second-order valence-electron chi connectivity index (χ2n) is 4.14. The number of oxime groups is 1. The van der Waals surface area contributed by atoms with Crippen molar-refractivity contribution in [3.05, 3.63) is 23.9 Å². The summed E-state index contributed by atoms with van der Waals surface area (Å²) in [6, 6.07) is 5.45. The number of aromatic nitrogens is 1. The summed E-state index contributed by atoms with van der Waals surface area (Å²) in [6.07, 6.45) is 0. The van der Waals surface area contributed by atoms with Gasteiger partial charge in [0.2, 0.25) is 0 Å². The van der Waals surface area contributed by atoms with Crippen LogP contribution in [0.4, 0.5) is 5.82 Å². The summed E-state index contributed by atoms with van der Waals surface area (Å²) in [4.78, 5) is 6.35. The van der Waals surface area contributed by atoms with Gasteiger partial charge in [-0.2, -0.15) is 0 Å². The maximum Gasteiger partial charge on any atom is 0.188 e. The van der Waals surface area contributed by atoms with Crippen LogP contribution in [0.3, 0.4) is 0 Å². The van der Waals surface area contributed by atoms with Crippen molar-refractivity contribution < 1.29 is 5.21 Å². The van der Waals surface area contributed by atoms with E-state index < -0.39 is 0 Å². The van der Waals surface area contributed by atoms with Crippen LogP contribution in [0, 0.1) is 5.92 Å². The zero-order chi connectivity index (χ0) is 12.1. The Hall–Kier alpha value is -1.78. The first-order chi connectivity index (χ1) is 7.54. The molecule has 0 radical (unpaired) electrons. The zero-order valence-corrected chi connectivity index (χ0v) is 9.88. The highest BCUT2D eigenvalue weighted by Gasteiger charge is 2.07. The fraction of sp³-hybridized carbons (Fsp3) is 0.455. The van der Waals surface area contributed by atoms with Crippen LogP contribution in [0.15, 0.2) is 23.4 Å². The molecule has 5 nitrogen and oxygen atoms in total. The second-order valence-corrected chi connectivity index (χ2v) is 4.14. The molecule has 0 saturated carbocycles. The lowest BCUT2D eigenvalue weighted by Gasteiger charge is -2.20. The number of amidine groups is 1. The van der Waals surface area contributed by atoms with E-state index >= 15 is 0 Å². The fourth-order valence-corrected chi connectivity index (χ4v) is 1.47. The molecule has 1 aromatic rings. The van der Waals surface area contributed by atoms with Crippen molar-refractivity contribution in [3.63, 3.8) is 0 Å². The SMILES string of the molecule is CC(C)CN(C)c1cccc(C(N)=NO)n1. The highest BCUT2D eigenvalue weighted by molar-refractivity contribution is 5.95. The van der Waals surface area contributed by atoms with Crippen molar-refractivity contribution in [1.82, 2.24) is 4.98 Å². The average Bonchev–Trinajstić information content (AvgIpc) is 2.27. The predicted octanol–water partition coefficient (Wildman–Crippen LogP) is 1.27. The Labute approximate surface area is 95.6 Å². The predicted molar refractivity (Wildman–Crippen MR) is 64.9 cm³/mol. The first-order valence-electron chi connectivity index (χ1n) is 5.20.